The SMILES string of the molecule is COP1(OC)=NP(OC)(OC)=NP(OC)(OC(=O)c2ccccc2)=N1. The van der Waals surface area contributed by atoms with Crippen LogP contribution < -0.4 is 0 Å². The third kappa shape index (κ3) is 4.30. The first-order chi connectivity index (χ1) is 11.9. The van der Waals surface area contributed by atoms with Crippen LogP contribution in [0, 0.1) is 0 Å². The molecule has 25 heavy (non-hydrogen) atoms. The zero-order chi connectivity index (χ0) is 18.6. The number of hydrogen-bond donors (Lipinski definition) is 0. The summed E-state index contributed by atoms with van der Waals surface area (Å²) in [5.74, 6) is -0.652. The van der Waals surface area contributed by atoms with Gasteiger partial charge in [-0.3, -0.25) is 0 Å². The number of carbonyl (C=O) groups is 1. The highest BCUT2D eigenvalue weighted by Gasteiger charge is 2.42. The maximum absolute atomic E-state index is 12.5. The minimum absolute atomic E-state index is 0.323. The monoisotopic (exact) mass is 411 g/mol. The summed E-state index contributed by atoms with van der Waals surface area (Å²) in [5, 5.41) is 0. The van der Waals surface area contributed by atoms with Crippen LogP contribution in [-0.2, 0) is 27.1 Å². The van der Waals surface area contributed by atoms with E-state index in [0.717, 1.165) is 0 Å². The van der Waals surface area contributed by atoms with Gasteiger partial charge in [-0.2, -0.15) is 0 Å². The summed E-state index contributed by atoms with van der Waals surface area (Å²) in [6.45, 7) is 0. The Labute approximate surface area is 146 Å². The molecule has 1 aliphatic heterocycles. The fourth-order valence-electron chi connectivity index (χ4n) is 1.81. The van der Waals surface area contributed by atoms with Crippen molar-refractivity contribution in [2.75, 3.05) is 35.5 Å². The number of rotatable bonds is 7. The maximum Gasteiger partial charge on any atom is 0.404 e. The van der Waals surface area contributed by atoms with E-state index in [4.69, 9.17) is 27.1 Å². The van der Waals surface area contributed by atoms with E-state index < -0.39 is 28.9 Å². The Bertz CT molecular complexity index is 769. The summed E-state index contributed by atoms with van der Waals surface area (Å²) in [4.78, 5) is 12.5. The smallest absolute Gasteiger partial charge is 0.385 e. The Kier molecular flexibility index (Phi) is 6.76. The number of nitrogens with zero attached hydrogens (tertiary/aromatic N) is 3. The maximum atomic E-state index is 12.5. The fourth-order valence-corrected chi connectivity index (χ4v) is 10.5. The molecule has 0 amide bonds. The van der Waals surface area contributed by atoms with Crippen LogP contribution in [0.15, 0.2) is 43.9 Å². The molecular formula is C12H20N3O7P3. The number of carbonyl (C=O) groups excluding carboxylic acids is 1. The zero-order valence-electron chi connectivity index (χ0n) is 14.4. The molecule has 13 heteroatoms. The Hall–Kier alpha value is -0.820. The molecule has 1 aromatic rings. The molecule has 0 saturated carbocycles. The second kappa shape index (κ2) is 8.25. The molecule has 0 saturated heterocycles. The normalized spacial score (nSPS) is 23.7. The third-order valence-corrected chi connectivity index (χ3v) is 11.3. The van der Waals surface area contributed by atoms with Gasteiger partial charge in [-0.15, -0.1) is 13.5 Å². The van der Waals surface area contributed by atoms with Crippen molar-refractivity contribution in [2.24, 2.45) is 13.5 Å². The first-order valence-electron chi connectivity index (χ1n) is 6.91. The molecule has 0 bridgehead atoms. The topological polar surface area (TPSA) is 110 Å². The van der Waals surface area contributed by atoms with E-state index in [1.54, 1.807) is 30.3 Å². The second-order valence-electron chi connectivity index (χ2n) is 4.40. The average Bonchev–Trinajstić information content (AvgIpc) is 2.68. The molecular weight excluding hydrogens is 391 g/mol. The van der Waals surface area contributed by atoms with Gasteiger partial charge in [0.1, 0.15) is 0 Å². The largest absolute Gasteiger partial charge is 0.404 e. The first kappa shape index (κ1) is 20.5. The van der Waals surface area contributed by atoms with Crippen molar-refractivity contribution in [3.8, 4) is 0 Å². The van der Waals surface area contributed by atoms with Crippen molar-refractivity contribution >= 4 is 28.9 Å². The molecule has 140 valence electrons. The quantitative estimate of drug-likeness (QED) is 0.585. The zero-order valence-corrected chi connectivity index (χ0v) is 17.1. The van der Waals surface area contributed by atoms with E-state index in [0.29, 0.717) is 5.56 Å². The molecule has 1 heterocycles. The van der Waals surface area contributed by atoms with Crippen LogP contribution >= 0.6 is 23.0 Å². The molecule has 0 fully saturated rings. The lowest BCUT2D eigenvalue weighted by molar-refractivity contribution is 0.0727. The van der Waals surface area contributed by atoms with Gasteiger partial charge in [-0.25, -0.2) is 4.79 Å². The molecule has 1 unspecified atom stereocenters. The third-order valence-electron chi connectivity index (χ3n) is 3.08. The summed E-state index contributed by atoms with van der Waals surface area (Å²) in [7, 11) is -3.06. The molecule has 1 aliphatic rings. The lowest BCUT2D eigenvalue weighted by Crippen LogP contribution is -2.06. The molecule has 1 aromatic carbocycles. The highest BCUT2D eigenvalue weighted by Crippen LogP contribution is 2.79. The van der Waals surface area contributed by atoms with Crippen LogP contribution in [0.25, 0.3) is 0 Å². The summed E-state index contributed by atoms with van der Waals surface area (Å²) >= 11 is 0. The molecule has 0 aliphatic carbocycles. The number of hydrogen-bond acceptors (Lipinski definition) is 10. The van der Waals surface area contributed by atoms with Gasteiger partial charge < -0.3 is 27.1 Å². The summed E-state index contributed by atoms with van der Waals surface area (Å²) in [6.07, 6.45) is 0. The van der Waals surface area contributed by atoms with E-state index in [-0.39, 0.29) is 0 Å². The van der Waals surface area contributed by atoms with E-state index in [1.807, 2.05) is 0 Å². The Morgan fingerprint density at radius 1 is 0.720 bits per heavy atom. The van der Waals surface area contributed by atoms with Gasteiger partial charge in [0.25, 0.3) is 0 Å². The van der Waals surface area contributed by atoms with Crippen molar-refractivity contribution in [3.63, 3.8) is 0 Å². The molecule has 10 nitrogen and oxygen atoms in total. The second-order valence-corrected chi connectivity index (χ2v) is 11.5. The van der Waals surface area contributed by atoms with E-state index in [2.05, 4.69) is 13.5 Å². The van der Waals surface area contributed by atoms with Crippen molar-refractivity contribution in [3.05, 3.63) is 35.9 Å². The van der Waals surface area contributed by atoms with Crippen LogP contribution in [0.1, 0.15) is 10.4 Å². The van der Waals surface area contributed by atoms with E-state index in [1.165, 1.54) is 35.5 Å². The van der Waals surface area contributed by atoms with Crippen molar-refractivity contribution < 1.29 is 31.9 Å². The van der Waals surface area contributed by atoms with Gasteiger partial charge in [-0.05, 0) is 12.1 Å². The lowest BCUT2D eigenvalue weighted by atomic mass is 10.2. The Morgan fingerprint density at radius 3 is 1.56 bits per heavy atom. The fraction of sp³-hybridized carbons (Fsp3) is 0.417. The summed E-state index contributed by atoms with van der Waals surface area (Å²) in [6, 6.07) is 8.41. The highest BCUT2D eigenvalue weighted by atomic mass is 31.3. The molecule has 0 spiro atoms. The average molecular weight is 411 g/mol. The Balaban J connectivity index is 2.61. The minimum atomic E-state index is -3.50. The molecule has 1 atom stereocenters. The molecule has 2 rings (SSSR count). The van der Waals surface area contributed by atoms with Gasteiger partial charge in [0.15, 0.2) is 0 Å². The van der Waals surface area contributed by atoms with Crippen molar-refractivity contribution in [1.82, 2.24) is 0 Å². The molecule has 0 radical (unpaired) electrons. The first-order valence-corrected chi connectivity index (χ1v) is 11.5. The van der Waals surface area contributed by atoms with E-state index >= 15 is 0 Å². The van der Waals surface area contributed by atoms with Gasteiger partial charge in [-0.1, -0.05) is 18.2 Å². The lowest BCUT2D eigenvalue weighted by Gasteiger charge is -2.29. The van der Waals surface area contributed by atoms with Crippen LogP contribution in [0.2, 0.25) is 0 Å². The van der Waals surface area contributed by atoms with Crippen LogP contribution in [0.3, 0.4) is 0 Å². The van der Waals surface area contributed by atoms with Gasteiger partial charge >= 0.3 is 28.9 Å². The van der Waals surface area contributed by atoms with Crippen LogP contribution in [0.5, 0.6) is 0 Å². The highest BCUT2D eigenvalue weighted by molar-refractivity contribution is 7.78. The molecule has 0 aromatic heterocycles. The van der Waals surface area contributed by atoms with Gasteiger partial charge in [0, 0.05) is 35.5 Å². The predicted octanol–water partition coefficient (Wildman–Crippen LogP) is 4.93. The Morgan fingerprint density at radius 2 is 1.12 bits per heavy atom. The van der Waals surface area contributed by atoms with Crippen LogP contribution in [0.4, 0.5) is 0 Å². The van der Waals surface area contributed by atoms with Crippen molar-refractivity contribution in [1.29, 1.82) is 0 Å². The summed E-state index contributed by atoms with van der Waals surface area (Å²) < 4.78 is 45.2. The van der Waals surface area contributed by atoms with Gasteiger partial charge in [0.05, 0.1) is 5.56 Å². The van der Waals surface area contributed by atoms with E-state index in [9.17, 15) is 4.79 Å². The standard InChI is InChI=1S/C12H20N3O7P3/c1-17-23(18-2)13-24(19-3,20-4)15-25(14-23,21-5)22-12(16)11-9-7-6-8-10-11/h6-10H,1-5H3. The summed E-state index contributed by atoms with van der Waals surface area (Å²) in [5.41, 5.74) is 0.323. The predicted molar refractivity (Wildman–Crippen MR) is 94.9 cm³/mol. The molecule has 0 N–H and O–H groups in total. The van der Waals surface area contributed by atoms with Crippen molar-refractivity contribution in [2.45, 2.75) is 0 Å². The van der Waals surface area contributed by atoms with Crippen LogP contribution in [-0.4, -0.2) is 41.5 Å². The van der Waals surface area contributed by atoms with Gasteiger partial charge in [0.2, 0.25) is 0 Å². The number of benzene rings is 1. The minimum Gasteiger partial charge on any atom is -0.385 e.